The average Bonchev–Trinajstić information content (AvgIpc) is 3.36. The SMILES string of the molecule is C=C(Nc1ccc(C(=O)N(C)CCc2ncc(C)o2)c(F)c1)c1cc(-c2ccccc2Cl)nc2c(C)cc(C)cc12. The highest BCUT2D eigenvalue weighted by atomic mass is 35.5. The van der Waals surface area contributed by atoms with E-state index in [0.29, 0.717) is 46.7 Å². The molecule has 6 nitrogen and oxygen atoms in total. The predicted octanol–water partition coefficient (Wildman–Crippen LogP) is 8.01. The van der Waals surface area contributed by atoms with Gasteiger partial charge in [0.15, 0.2) is 5.89 Å². The molecule has 2 aromatic heterocycles. The lowest BCUT2D eigenvalue weighted by molar-refractivity contribution is 0.0790. The van der Waals surface area contributed by atoms with Crippen LogP contribution in [-0.2, 0) is 6.42 Å². The molecule has 8 heteroatoms. The zero-order chi connectivity index (χ0) is 29.3. The number of carbonyl (C=O) groups excluding carboxylic acids is 1. The average molecular weight is 569 g/mol. The Balaban J connectivity index is 1.41. The summed E-state index contributed by atoms with van der Waals surface area (Å²) in [6, 6.07) is 18.1. The maximum absolute atomic E-state index is 15.2. The van der Waals surface area contributed by atoms with Crippen LogP contribution in [0.5, 0.6) is 0 Å². The normalized spacial score (nSPS) is 11.1. The number of nitrogens with one attached hydrogen (secondary N) is 1. The van der Waals surface area contributed by atoms with Crippen LogP contribution in [0, 0.1) is 26.6 Å². The van der Waals surface area contributed by atoms with Crippen molar-refractivity contribution >= 4 is 39.8 Å². The van der Waals surface area contributed by atoms with Gasteiger partial charge in [0.25, 0.3) is 5.91 Å². The van der Waals surface area contributed by atoms with E-state index in [9.17, 15) is 4.79 Å². The zero-order valence-electron chi connectivity index (χ0n) is 23.4. The van der Waals surface area contributed by atoms with Crippen LogP contribution in [0.3, 0.4) is 0 Å². The zero-order valence-corrected chi connectivity index (χ0v) is 24.1. The maximum atomic E-state index is 15.2. The second-order valence-corrected chi connectivity index (χ2v) is 10.6. The Morgan fingerprint density at radius 2 is 1.85 bits per heavy atom. The van der Waals surface area contributed by atoms with Crippen molar-refractivity contribution in [2.24, 2.45) is 0 Å². The van der Waals surface area contributed by atoms with E-state index < -0.39 is 11.7 Å². The number of hydrogen-bond acceptors (Lipinski definition) is 5. The molecule has 0 spiro atoms. The van der Waals surface area contributed by atoms with Gasteiger partial charge in [0.2, 0.25) is 0 Å². The highest BCUT2D eigenvalue weighted by Crippen LogP contribution is 2.34. The van der Waals surface area contributed by atoms with Gasteiger partial charge in [-0.1, -0.05) is 48.0 Å². The van der Waals surface area contributed by atoms with Gasteiger partial charge in [-0.05, 0) is 62.7 Å². The largest absolute Gasteiger partial charge is 0.446 e. The first-order chi connectivity index (χ1) is 19.6. The first kappa shape index (κ1) is 28.1. The molecule has 0 fully saturated rings. The molecule has 0 bridgehead atoms. The minimum atomic E-state index is -0.630. The molecule has 0 saturated carbocycles. The molecule has 0 aliphatic rings. The summed E-state index contributed by atoms with van der Waals surface area (Å²) in [4.78, 5) is 23.5. The Bertz CT molecular complexity index is 1800. The Kier molecular flexibility index (Phi) is 7.90. The van der Waals surface area contributed by atoms with Gasteiger partial charge in [-0.15, -0.1) is 0 Å². The van der Waals surface area contributed by atoms with Gasteiger partial charge in [-0.2, -0.15) is 0 Å². The van der Waals surface area contributed by atoms with E-state index in [1.165, 1.54) is 17.0 Å². The predicted molar refractivity (Wildman–Crippen MR) is 163 cm³/mol. The van der Waals surface area contributed by atoms with Crippen molar-refractivity contribution in [1.29, 1.82) is 0 Å². The van der Waals surface area contributed by atoms with E-state index in [1.807, 2.05) is 51.1 Å². The molecule has 0 unspecified atom stereocenters. The number of oxazole rings is 1. The first-order valence-electron chi connectivity index (χ1n) is 13.2. The molecule has 208 valence electrons. The van der Waals surface area contributed by atoms with Crippen molar-refractivity contribution in [3.05, 3.63) is 118 Å². The van der Waals surface area contributed by atoms with Crippen molar-refractivity contribution in [2.75, 3.05) is 18.9 Å². The van der Waals surface area contributed by atoms with Crippen LogP contribution in [0.4, 0.5) is 10.1 Å². The van der Waals surface area contributed by atoms with Gasteiger partial charge < -0.3 is 14.6 Å². The van der Waals surface area contributed by atoms with E-state index >= 15 is 4.39 Å². The van der Waals surface area contributed by atoms with Crippen molar-refractivity contribution in [1.82, 2.24) is 14.9 Å². The van der Waals surface area contributed by atoms with E-state index in [0.717, 1.165) is 33.2 Å². The highest BCUT2D eigenvalue weighted by Gasteiger charge is 2.19. The number of aromatic nitrogens is 2. The summed E-state index contributed by atoms with van der Waals surface area (Å²) in [6.45, 7) is 10.5. The lowest BCUT2D eigenvalue weighted by atomic mass is 9.98. The number of pyridine rings is 1. The van der Waals surface area contributed by atoms with Crippen LogP contribution in [0.1, 0.15) is 38.7 Å². The summed E-state index contributed by atoms with van der Waals surface area (Å²) < 4.78 is 20.7. The van der Waals surface area contributed by atoms with Crippen LogP contribution in [0.15, 0.2) is 77.9 Å². The maximum Gasteiger partial charge on any atom is 0.256 e. The molecule has 5 aromatic rings. The number of benzene rings is 3. The number of halogens is 2. The van der Waals surface area contributed by atoms with Crippen molar-refractivity contribution in [3.63, 3.8) is 0 Å². The van der Waals surface area contributed by atoms with Crippen molar-refractivity contribution in [3.8, 4) is 11.3 Å². The molecule has 2 heterocycles. The number of nitrogens with zero attached hydrogens (tertiary/aromatic N) is 3. The minimum absolute atomic E-state index is 0.0196. The van der Waals surface area contributed by atoms with Crippen molar-refractivity contribution in [2.45, 2.75) is 27.2 Å². The molecular formula is C33H30ClFN4O2. The van der Waals surface area contributed by atoms with E-state index in [4.69, 9.17) is 21.0 Å². The fraction of sp³-hybridized carbons (Fsp3) is 0.182. The quantitative estimate of drug-likeness (QED) is 0.205. The third-order valence-electron chi connectivity index (χ3n) is 6.89. The summed E-state index contributed by atoms with van der Waals surface area (Å²) in [5.41, 5.74) is 6.30. The summed E-state index contributed by atoms with van der Waals surface area (Å²) in [5.74, 6) is 0.184. The minimum Gasteiger partial charge on any atom is -0.446 e. The van der Waals surface area contributed by atoms with Crippen LogP contribution in [0.2, 0.25) is 5.02 Å². The third-order valence-corrected chi connectivity index (χ3v) is 7.22. The van der Waals surface area contributed by atoms with Crippen LogP contribution in [0.25, 0.3) is 27.9 Å². The molecule has 1 amide bonds. The molecular weight excluding hydrogens is 539 g/mol. The van der Waals surface area contributed by atoms with Crippen molar-refractivity contribution < 1.29 is 13.6 Å². The number of amides is 1. The molecule has 41 heavy (non-hydrogen) atoms. The molecule has 1 N–H and O–H groups in total. The third kappa shape index (κ3) is 6.00. The van der Waals surface area contributed by atoms with E-state index in [1.54, 1.807) is 19.3 Å². The Labute approximate surface area is 243 Å². The topological polar surface area (TPSA) is 71.3 Å². The number of carbonyl (C=O) groups is 1. The van der Waals surface area contributed by atoms with Gasteiger partial charge in [0.1, 0.15) is 11.6 Å². The summed E-state index contributed by atoms with van der Waals surface area (Å²) in [5, 5.41) is 4.74. The molecule has 0 aliphatic heterocycles. The molecule has 0 aliphatic carbocycles. The number of aryl methyl sites for hydroxylation is 3. The van der Waals surface area contributed by atoms with E-state index in [2.05, 4.69) is 29.0 Å². The summed E-state index contributed by atoms with van der Waals surface area (Å²) in [7, 11) is 1.63. The van der Waals surface area contributed by atoms with Gasteiger partial charge in [0.05, 0.1) is 23.0 Å². The Hall–Kier alpha value is -4.49. The van der Waals surface area contributed by atoms with Crippen LogP contribution in [-0.4, -0.2) is 34.4 Å². The number of anilines is 1. The second kappa shape index (κ2) is 11.6. The fourth-order valence-electron chi connectivity index (χ4n) is 4.83. The number of likely N-dealkylation sites (N-methyl/N-ethyl adjacent to an activating group) is 1. The van der Waals surface area contributed by atoms with Gasteiger partial charge in [-0.25, -0.2) is 14.4 Å². The van der Waals surface area contributed by atoms with Crippen LogP contribution >= 0.6 is 11.6 Å². The molecule has 3 aromatic carbocycles. The molecule has 0 saturated heterocycles. The monoisotopic (exact) mass is 568 g/mol. The lowest BCUT2D eigenvalue weighted by Gasteiger charge is -2.18. The van der Waals surface area contributed by atoms with Gasteiger partial charge in [-0.3, -0.25) is 4.79 Å². The Morgan fingerprint density at radius 3 is 2.56 bits per heavy atom. The van der Waals surface area contributed by atoms with Crippen LogP contribution < -0.4 is 5.32 Å². The molecule has 5 rings (SSSR count). The molecule has 0 atom stereocenters. The number of hydrogen-bond donors (Lipinski definition) is 1. The highest BCUT2D eigenvalue weighted by molar-refractivity contribution is 6.33. The van der Waals surface area contributed by atoms with E-state index in [-0.39, 0.29) is 5.56 Å². The fourth-order valence-corrected chi connectivity index (χ4v) is 5.07. The molecule has 0 radical (unpaired) electrons. The number of rotatable bonds is 8. The standard InChI is InChI=1S/C33H30ClFN4O2/c1-19-14-20(2)32-27(15-19)26(17-30(38-32)24-8-6-7-9-28(24)34)22(4)37-23-10-11-25(29(35)16-23)33(40)39(5)13-12-31-36-18-21(3)41-31/h6-11,14-18,37H,4,12-13H2,1-3,5H3. The second-order valence-electron chi connectivity index (χ2n) is 10.2. The smallest absolute Gasteiger partial charge is 0.256 e. The summed E-state index contributed by atoms with van der Waals surface area (Å²) in [6.07, 6.45) is 2.07. The summed E-state index contributed by atoms with van der Waals surface area (Å²) >= 11 is 6.51. The lowest BCUT2D eigenvalue weighted by Crippen LogP contribution is -2.29. The Morgan fingerprint density at radius 1 is 1.07 bits per heavy atom. The number of fused-ring (bicyclic) bond motifs is 1. The van der Waals surface area contributed by atoms with Gasteiger partial charge in [0, 0.05) is 52.9 Å². The first-order valence-corrected chi connectivity index (χ1v) is 13.6. The van der Waals surface area contributed by atoms with Gasteiger partial charge >= 0.3 is 0 Å².